The molecule has 7 nitrogen and oxygen atoms in total. The van der Waals surface area contributed by atoms with Crippen molar-refractivity contribution >= 4 is 39.9 Å². The van der Waals surface area contributed by atoms with Crippen molar-refractivity contribution < 1.29 is 13.2 Å². The van der Waals surface area contributed by atoms with E-state index < -0.39 is 11.7 Å². The minimum absolute atomic E-state index is 0.00861. The number of alkyl halides is 3. The van der Waals surface area contributed by atoms with E-state index in [2.05, 4.69) is 20.5 Å². The van der Waals surface area contributed by atoms with Crippen molar-refractivity contribution in [3.8, 4) is 0 Å². The Labute approximate surface area is 157 Å². The first-order valence-electron chi connectivity index (χ1n) is 7.41. The minimum Gasteiger partial charge on any atom is -0.276 e. The fraction of sp³-hybridized carbons (Fsp3) is 0.133. The van der Waals surface area contributed by atoms with E-state index >= 15 is 0 Å². The molecule has 0 aliphatic rings. The second kappa shape index (κ2) is 6.50. The maximum atomic E-state index is 13.0. The molecule has 0 unspecified atom stereocenters. The molecule has 0 saturated heterocycles. The SMILES string of the molecule is O=c1c2ccccc2nnn1CSc1nnc2c(Cl)cc(C(F)(F)F)cn12. The number of pyridine rings is 1. The Morgan fingerprint density at radius 3 is 2.70 bits per heavy atom. The van der Waals surface area contributed by atoms with Crippen LogP contribution < -0.4 is 5.56 Å². The highest BCUT2D eigenvalue weighted by atomic mass is 35.5. The second-order valence-electron chi connectivity index (χ2n) is 5.44. The average molecular weight is 413 g/mol. The zero-order valence-corrected chi connectivity index (χ0v) is 14.8. The second-order valence-corrected chi connectivity index (χ2v) is 6.75. The third-order valence-corrected chi connectivity index (χ3v) is 4.89. The quantitative estimate of drug-likeness (QED) is 0.481. The van der Waals surface area contributed by atoms with Crippen LogP contribution in [-0.4, -0.2) is 29.6 Å². The van der Waals surface area contributed by atoms with Gasteiger partial charge in [0.05, 0.1) is 21.8 Å². The molecule has 138 valence electrons. The maximum absolute atomic E-state index is 13.0. The molecule has 0 radical (unpaired) electrons. The minimum atomic E-state index is -4.56. The van der Waals surface area contributed by atoms with Gasteiger partial charge in [0.2, 0.25) is 0 Å². The Morgan fingerprint density at radius 1 is 1.15 bits per heavy atom. The first-order valence-corrected chi connectivity index (χ1v) is 8.78. The van der Waals surface area contributed by atoms with E-state index in [4.69, 9.17) is 11.6 Å². The van der Waals surface area contributed by atoms with Gasteiger partial charge < -0.3 is 0 Å². The molecule has 3 aromatic heterocycles. The molecule has 3 heterocycles. The van der Waals surface area contributed by atoms with Crippen LogP contribution in [0.1, 0.15) is 5.56 Å². The molecule has 0 fully saturated rings. The first kappa shape index (κ1) is 17.7. The molecule has 1 aromatic carbocycles. The van der Waals surface area contributed by atoms with Crippen LogP contribution in [0.4, 0.5) is 13.2 Å². The molecular formula is C15H8ClF3N6OS. The third kappa shape index (κ3) is 3.23. The van der Waals surface area contributed by atoms with Gasteiger partial charge >= 0.3 is 6.18 Å². The van der Waals surface area contributed by atoms with Gasteiger partial charge in [-0.05, 0) is 18.2 Å². The van der Waals surface area contributed by atoms with Gasteiger partial charge in [-0.1, -0.05) is 40.7 Å². The van der Waals surface area contributed by atoms with Crippen LogP contribution in [0.15, 0.2) is 46.5 Å². The maximum Gasteiger partial charge on any atom is 0.417 e. The third-order valence-electron chi connectivity index (χ3n) is 3.70. The Hall–Kier alpha value is -2.66. The van der Waals surface area contributed by atoms with Crippen molar-refractivity contribution in [3.05, 3.63) is 57.5 Å². The van der Waals surface area contributed by atoms with E-state index in [1.54, 1.807) is 24.3 Å². The summed E-state index contributed by atoms with van der Waals surface area (Å²) in [6, 6.07) is 7.51. The van der Waals surface area contributed by atoms with Gasteiger partial charge in [-0.3, -0.25) is 9.20 Å². The van der Waals surface area contributed by atoms with Crippen LogP contribution in [0.5, 0.6) is 0 Å². The summed E-state index contributed by atoms with van der Waals surface area (Å²) in [6.07, 6.45) is -3.71. The molecule has 0 N–H and O–H groups in total. The smallest absolute Gasteiger partial charge is 0.276 e. The summed E-state index contributed by atoms with van der Waals surface area (Å²) in [5, 5.41) is 15.8. The molecule has 0 atom stereocenters. The van der Waals surface area contributed by atoms with Gasteiger partial charge in [0.15, 0.2) is 10.8 Å². The lowest BCUT2D eigenvalue weighted by Gasteiger charge is -2.09. The van der Waals surface area contributed by atoms with Crippen LogP contribution in [0.2, 0.25) is 5.02 Å². The number of nitrogens with zero attached hydrogens (tertiary/aromatic N) is 6. The van der Waals surface area contributed by atoms with Crippen molar-refractivity contribution in [2.24, 2.45) is 0 Å². The van der Waals surface area contributed by atoms with Gasteiger partial charge in [-0.25, -0.2) is 0 Å². The van der Waals surface area contributed by atoms with E-state index in [9.17, 15) is 18.0 Å². The highest BCUT2D eigenvalue weighted by Crippen LogP contribution is 2.33. The number of hydrogen-bond donors (Lipinski definition) is 0. The highest BCUT2D eigenvalue weighted by molar-refractivity contribution is 7.98. The van der Waals surface area contributed by atoms with Gasteiger partial charge in [0.25, 0.3) is 5.56 Å². The van der Waals surface area contributed by atoms with Crippen LogP contribution in [0.3, 0.4) is 0 Å². The van der Waals surface area contributed by atoms with Crippen molar-refractivity contribution in [3.63, 3.8) is 0 Å². The van der Waals surface area contributed by atoms with Gasteiger partial charge in [0.1, 0.15) is 5.52 Å². The molecule has 27 heavy (non-hydrogen) atoms. The Balaban J connectivity index is 1.69. The molecule has 0 spiro atoms. The van der Waals surface area contributed by atoms with Gasteiger partial charge in [0, 0.05) is 6.20 Å². The number of benzene rings is 1. The summed E-state index contributed by atoms with van der Waals surface area (Å²) in [4.78, 5) is 12.4. The van der Waals surface area contributed by atoms with E-state index in [-0.39, 0.29) is 27.3 Å². The summed E-state index contributed by atoms with van der Waals surface area (Å²) < 4.78 is 41.2. The molecule has 4 rings (SSSR count). The highest BCUT2D eigenvalue weighted by Gasteiger charge is 2.32. The lowest BCUT2D eigenvalue weighted by atomic mass is 10.2. The number of thioether (sulfide) groups is 1. The first-order chi connectivity index (χ1) is 12.8. The molecule has 0 aliphatic heterocycles. The number of fused-ring (bicyclic) bond motifs is 2. The number of hydrogen-bond acceptors (Lipinski definition) is 6. The molecule has 12 heteroatoms. The largest absolute Gasteiger partial charge is 0.417 e. The summed E-state index contributed by atoms with van der Waals surface area (Å²) in [5.74, 6) is -0.00861. The van der Waals surface area contributed by atoms with E-state index in [1.807, 2.05) is 0 Å². The molecule has 0 aliphatic carbocycles. The summed E-state index contributed by atoms with van der Waals surface area (Å²) in [7, 11) is 0. The van der Waals surface area contributed by atoms with Crippen LogP contribution >= 0.6 is 23.4 Å². The van der Waals surface area contributed by atoms with Gasteiger partial charge in [-0.15, -0.1) is 15.3 Å². The van der Waals surface area contributed by atoms with Crippen LogP contribution in [0, 0.1) is 0 Å². The molecular weight excluding hydrogens is 405 g/mol. The van der Waals surface area contributed by atoms with Crippen molar-refractivity contribution in [2.45, 2.75) is 17.2 Å². The fourth-order valence-electron chi connectivity index (χ4n) is 2.41. The molecule has 0 amide bonds. The normalized spacial score (nSPS) is 12.1. The lowest BCUT2D eigenvalue weighted by molar-refractivity contribution is -0.137. The Morgan fingerprint density at radius 2 is 1.93 bits per heavy atom. The Kier molecular flexibility index (Phi) is 4.27. The fourth-order valence-corrected chi connectivity index (χ4v) is 3.44. The van der Waals surface area contributed by atoms with Crippen LogP contribution in [-0.2, 0) is 12.1 Å². The molecule has 0 bridgehead atoms. The predicted octanol–water partition coefficient (Wildman–Crippen LogP) is 3.26. The lowest BCUT2D eigenvalue weighted by Crippen LogP contribution is -2.23. The monoisotopic (exact) mass is 412 g/mol. The zero-order valence-electron chi connectivity index (χ0n) is 13.2. The number of halogens is 4. The van der Waals surface area contributed by atoms with E-state index in [0.29, 0.717) is 10.9 Å². The van der Waals surface area contributed by atoms with Crippen molar-refractivity contribution in [2.75, 3.05) is 0 Å². The van der Waals surface area contributed by atoms with E-state index in [0.717, 1.165) is 33.1 Å². The Bertz CT molecular complexity index is 1220. The molecule has 0 saturated carbocycles. The predicted molar refractivity (Wildman–Crippen MR) is 92.7 cm³/mol. The van der Waals surface area contributed by atoms with Crippen LogP contribution in [0.25, 0.3) is 16.6 Å². The molecule has 4 aromatic rings. The summed E-state index contributed by atoms with van der Waals surface area (Å²) in [5.41, 5.74) is -0.748. The summed E-state index contributed by atoms with van der Waals surface area (Å²) in [6.45, 7) is 0. The topological polar surface area (TPSA) is 78.0 Å². The van der Waals surface area contributed by atoms with Gasteiger partial charge in [-0.2, -0.15) is 17.9 Å². The zero-order chi connectivity index (χ0) is 19.2. The van der Waals surface area contributed by atoms with Crippen molar-refractivity contribution in [1.29, 1.82) is 0 Å². The van der Waals surface area contributed by atoms with Crippen molar-refractivity contribution in [1.82, 2.24) is 29.6 Å². The number of rotatable bonds is 3. The summed E-state index contributed by atoms with van der Waals surface area (Å²) >= 11 is 6.86. The number of aromatic nitrogens is 6. The van der Waals surface area contributed by atoms with E-state index in [1.165, 1.54) is 0 Å². The standard InChI is InChI=1S/C15H8ClF3N6OS/c16-10-5-8(15(17,18)19)6-24-12(10)21-22-14(24)27-7-25-13(26)9-3-1-2-4-11(9)20-23-25/h1-6H,7H2. The average Bonchev–Trinajstić information content (AvgIpc) is 3.04.